The lowest BCUT2D eigenvalue weighted by Gasteiger charge is -2.33. The van der Waals surface area contributed by atoms with Gasteiger partial charge in [-0.05, 0) is 37.0 Å². The average Bonchev–Trinajstić information content (AvgIpc) is 3.20. The highest BCUT2D eigenvalue weighted by Gasteiger charge is 2.43. The number of alkyl halides is 4. The monoisotopic (exact) mass is 539 g/mol. The fourth-order valence-electron chi connectivity index (χ4n) is 4.33. The second kappa shape index (κ2) is 11.1. The van der Waals surface area contributed by atoms with Crippen molar-refractivity contribution in [2.45, 2.75) is 48.9 Å². The predicted molar refractivity (Wildman–Crippen MR) is 132 cm³/mol. The third-order valence-electron chi connectivity index (χ3n) is 6.25. The standard InChI is InChI=1S/C25H25F4N3O4S/c1-16-13-31(24(33)36-18-7-9-30(10-8-18)15-25(28,29)23(26)27)22-20(16)11-19(12-21(22)32(34)35)37-14-17-5-3-2-4-6-17/h2-6,11-13,18,23H,7-10,14-15H2,1H3. The summed E-state index contributed by atoms with van der Waals surface area (Å²) < 4.78 is 58.3. The number of halogens is 4. The highest BCUT2D eigenvalue weighted by molar-refractivity contribution is 7.98. The van der Waals surface area contributed by atoms with E-state index in [4.69, 9.17) is 4.74 Å². The van der Waals surface area contributed by atoms with E-state index in [0.29, 0.717) is 21.6 Å². The molecule has 0 saturated carbocycles. The van der Waals surface area contributed by atoms with E-state index in [1.807, 2.05) is 30.3 Å². The Bertz CT molecular complexity index is 1280. The summed E-state index contributed by atoms with van der Waals surface area (Å²) in [7, 11) is 0. The predicted octanol–water partition coefficient (Wildman–Crippen LogP) is 6.50. The number of aromatic nitrogens is 1. The first-order valence-electron chi connectivity index (χ1n) is 11.6. The summed E-state index contributed by atoms with van der Waals surface area (Å²) in [5, 5.41) is 12.5. The molecule has 4 rings (SSSR count). The van der Waals surface area contributed by atoms with Crippen LogP contribution in [-0.2, 0) is 10.5 Å². The largest absolute Gasteiger partial charge is 0.445 e. The second-order valence-electron chi connectivity index (χ2n) is 8.97. The van der Waals surface area contributed by atoms with Crippen LogP contribution in [-0.4, -0.2) is 58.6 Å². The van der Waals surface area contributed by atoms with Crippen LogP contribution in [0.5, 0.6) is 0 Å². The van der Waals surface area contributed by atoms with Gasteiger partial charge in [-0.2, -0.15) is 8.78 Å². The number of nitrogens with zero attached hydrogens (tertiary/aromatic N) is 3. The molecule has 0 amide bonds. The fraction of sp³-hybridized carbons (Fsp3) is 0.400. The summed E-state index contributed by atoms with van der Waals surface area (Å²) in [6, 6.07) is 12.9. The Hall–Kier alpha value is -3.12. The van der Waals surface area contributed by atoms with Gasteiger partial charge in [0.1, 0.15) is 11.6 Å². The van der Waals surface area contributed by atoms with Gasteiger partial charge in [0.15, 0.2) is 0 Å². The molecule has 0 aliphatic carbocycles. The Balaban J connectivity index is 1.49. The number of benzene rings is 2. The third kappa shape index (κ3) is 6.24. The molecule has 1 fully saturated rings. The molecule has 0 spiro atoms. The van der Waals surface area contributed by atoms with Crippen LogP contribution in [0.4, 0.5) is 28.0 Å². The number of hydrogen-bond donors (Lipinski definition) is 0. The lowest BCUT2D eigenvalue weighted by Crippen LogP contribution is -2.46. The van der Waals surface area contributed by atoms with E-state index in [9.17, 15) is 32.5 Å². The molecule has 0 unspecified atom stereocenters. The second-order valence-corrected chi connectivity index (χ2v) is 10.0. The number of carbonyl (C=O) groups excluding carboxylic acids is 1. The average molecular weight is 540 g/mol. The quantitative estimate of drug-likeness (QED) is 0.141. The Morgan fingerprint density at radius 1 is 1.22 bits per heavy atom. The molecule has 1 aliphatic rings. The molecule has 0 atom stereocenters. The maximum Gasteiger partial charge on any atom is 0.418 e. The zero-order chi connectivity index (χ0) is 26.7. The van der Waals surface area contributed by atoms with E-state index in [1.54, 1.807) is 13.0 Å². The molecule has 1 saturated heterocycles. The number of aryl methyl sites for hydroxylation is 1. The number of nitro groups is 1. The summed E-state index contributed by atoms with van der Waals surface area (Å²) in [5.41, 5.74) is 1.60. The van der Waals surface area contributed by atoms with E-state index in [0.717, 1.165) is 10.1 Å². The van der Waals surface area contributed by atoms with E-state index >= 15 is 0 Å². The number of carbonyl (C=O) groups is 1. The number of nitro benzene ring substituents is 1. The molecule has 37 heavy (non-hydrogen) atoms. The SMILES string of the molecule is Cc1cn(C(=O)OC2CCN(CC(F)(F)C(F)F)CC2)c2c([N+](=O)[O-])cc(SCc3ccccc3)cc12. The zero-order valence-electron chi connectivity index (χ0n) is 19.9. The van der Waals surface area contributed by atoms with E-state index in [1.165, 1.54) is 28.9 Å². The molecule has 2 heterocycles. The van der Waals surface area contributed by atoms with Crippen LogP contribution < -0.4 is 0 Å². The maximum atomic E-state index is 13.3. The first kappa shape index (κ1) is 26.9. The molecule has 0 bridgehead atoms. The molecule has 3 aromatic rings. The van der Waals surface area contributed by atoms with Crippen LogP contribution in [0.3, 0.4) is 0 Å². The van der Waals surface area contributed by atoms with Gasteiger partial charge in [-0.25, -0.2) is 18.1 Å². The number of likely N-dealkylation sites (tertiary alicyclic amines) is 1. The number of non-ortho nitro benzene ring substituents is 1. The molecule has 1 aromatic heterocycles. The van der Waals surface area contributed by atoms with Crippen molar-refractivity contribution >= 4 is 34.4 Å². The summed E-state index contributed by atoms with van der Waals surface area (Å²) in [6.45, 7) is 0.800. The molecule has 198 valence electrons. The molecular weight excluding hydrogens is 514 g/mol. The van der Waals surface area contributed by atoms with Gasteiger partial charge >= 0.3 is 18.4 Å². The van der Waals surface area contributed by atoms with Crippen molar-refractivity contribution in [3.05, 3.63) is 69.9 Å². The number of thioether (sulfide) groups is 1. The molecular formula is C25H25F4N3O4S. The van der Waals surface area contributed by atoms with Crippen molar-refractivity contribution in [2.75, 3.05) is 19.6 Å². The Kier molecular flexibility index (Phi) is 8.08. The molecule has 12 heteroatoms. The van der Waals surface area contributed by atoms with E-state index < -0.39 is 36.0 Å². The van der Waals surface area contributed by atoms with Gasteiger partial charge in [0.25, 0.3) is 5.69 Å². The molecule has 7 nitrogen and oxygen atoms in total. The molecule has 0 N–H and O–H groups in total. The minimum Gasteiger partial charge on any atom is -0.445 e. The van der Waals surface area contributed by atoms with Crippen LogP contribution >= 0.6 is 11.8 Å². The smallest absolute Gasteiger partial charge is 0.418 e. The van der Waals surface area contributed by atoms with Crippen LogP contribution in [0.2, 0.25) is 0 Å². The van der Waals surface area contributed by atoms with Crippen molar-refractivity contribution in [3.63, 3.8) is 0 Å². The fourth-order valence-corrected chi connectivity index (χ4v) is 5.26. The van der Waals surface area contributed by atoms with Gasteiger partial charge in [0.2, 0.25) is 0 Å². The number of ether oxygens (including phenoxy) is 1. The van der Waals surface area contributed by atoms with E-state index in [-0.39, 0.29) is 37.1 Å². The molecule has 1 aliphatic heterocycles. The highest BCUT2D eigenvalue weighted by atomic mass is 32.2. The van der Waals surface area contributed by atoms with Crippen molar-refractivity contribution < 1.29 is 32.0 Å². The zero-order valence-corrected chi connectivity index (χ0v) is 20.7. The highest BCUT2D eigenvalue weighted by Crippen LogP contribution is 2.36. The third-order valence-corrected chi connectivity index (χ3v) is 7.30. The number of rotatable bonds is 8. The lowest BCUT2D eigenvalue weighted by atomic mass is 10.1. The summed E-state index contributed by atoms with van der Waals surface area (Å²) in [4.78, 5) is 26.3. The van der Waals surface area contributed by atoms with Crippen molar-refractivity contribution in [1.29, 1.82) is 0 Å². The minimum atomic E-state index is -4.11. The first-order chi connectivity index (χ1) is 17.5. The van der Waals surface area contributed by atoms with E-state index in [2.05, 4.69) is 0 Å². The summed E-state index contributed by atoms with van der Waals surface area (Å²) in [6.07, 6.45) is -3.34. The Labute approximate surface area is 214 Å². The van der Waals surface area contributed by atoms with Gasteiger partial charge in [-0.3, -0.25) is 15.0 Å². The van der Waals surface area contributed by atoms with Crippen LogP contribution in [0.15, 0.2) is 53.6 Å². The number of fused-ring (bicyclic) bond motifs is 1. The topological polar surface area (TPSA) is 77.6 Å². The Morgan fingerprint density at radius 3 is 2.51 bits per heavy atom. The Morgan fingerprint density at radius 2 is 1.89 bits per heavy atom. The molecule has 0 radical (unpaired) electrons. The minimum absolute atomic E-state index is 0.0633. The summed E-state index contributed by atoms with van der Waals surface area (Å²) >= 11 is 1.45. The summed E-state index contributed by atoms with van der Waals surface area (Å²) in [5.74, 6) is -3.49. The normalized spacial score (nSPS) is 15.4. The molecule has 2 aromatic carbocycles. The van der Waals surface area contributed by atoms with Gasteiger partial charge < -0.3 is 4.74 Å². The van der Waals surface area contributed by atoms with Crippen LogP contribution in [0.1, 0.15) is 24.0 Å². The van der Waals surface area contributed by atoms with Gasteiger partial charge in [-0.15, -0.1) is 11.8 Å². The van der Waals surface area contributed by atoms with Gasteiger partial charge in [0, 0.05) is 41.4 Å². The van der Waals surface area contributed by atoms with Gasteiger partial charge in [-0.1, -0.05) is 30.3 Å². The maximum absolute atomic E-state index is 13.3. The first-order valence-corrected chi connectivity index (χ1v) is 12.6. The van der Waals surface area contributed by atoms with Crippen LogP contribution in [0, 0.1) is 17.0 Å². The van der Waals surface area contributed by atoms with Crippen molar-refractivity contribution in [3.8, 4) is 0 Å². The lowest BCUT2D eigenvalue weighted by molar-refractivity contribution is -0.383. The number of piperidine rings is 1. The number of hydrogen-bond acceptors (Lipinski definition) is 6. The van der Waals surface area contributed by atoms with Crippen molar-refractivity contribution in [2.24, 2.45) is 0 Å². The van der Waals surface area contributed by atoms with Crippen LogP contribution in [0.25, 0.3) is 10.9 Å². The van der Waals surface area contributed by atoms with Crippen molar-refractivity contribution in [1.82, 2.24) is 9.47 Å². The van der Waals surface area contributed by atoms with Gasteiger partial charge in [0.05, 0.1) is 11.5 Å².